The summed E-state index contributed by atoms with van der Waals surface area (Å²) in [7, 11) is 0. The van der Waals surface area contributed by atoms with Gasteiger partial charge in [0.25, 0.3) is 5.91 Å². The van der Waals surface area contributed by atoms with E-state index in [1.54, 1.807) is 30.7 Å². The Morgan fingerprint density at radius 1 is 1.22 bits per heavy atom. The van der Waals surface area contributed by atoms with E-state index in [1.807, 2.05) is 30.3 Å². The zero-order valence-corrected chi connectivity index (χ0v) is 21.0. The molecule has 1 aliphatic heterocycles. The van der Waals surface area contributed by atoms with Crippen LogP contribution in [-0.2, 0) is 4.74 Å². The molecule has 0 aliphatic carbocycles. The molecule has 1 unspecified atom stereocenters. The average Bonchev–Trinajstić information content (AvgIpc) is 3.59. The number of thiophene rings is 1. The summed E-state index contributed by atoms with van der Waals surface area (Å²) in [6.45, 7) is 4.58. The first-order valence-electron chi connectivity index (χ1n) is 12.1. The number of fused-ring (bicyclic) bond motifs is 2. The second kappa shape index (κ2) is 9.85. The topological polar surface area (TPSA) is 129 Å². The lowest BCUT2D eigenvalue weighted by atomic mass is 10.1. The summed E-state index contributed by atoms with van der Waals surface area (Å²) in [6.07, 6.45) is 4.44. The molecule has 5 heterocycles. The maximum Gasteiger partial charge on any atom is 0.252 e. The minimum absolute atomic E-state index is 0.177. The minimum Gasteiger partial charge on any atom is -0.392 e. The molecule has 1 atom stereocenters. The zero-order valence-electron chi connectivity index (χ0n) is 20.1. The van der Waals surface area contributed by atoms with Crippen molar-refractivity contribution in [3.05, 3.63) is 54.5 Å². The van der Waals surface area contributed by atoms with Crippen LogP contribution < -0.4 is 10.2 Å². The third-order valence-corrected chi connectivity index (χ3v) is 7.40. The van der Waals surface area contributed by atoms with E-state index in [0.29, 0.717) is 24.6 Å². The number of nitrogens with zero attached hydrogens (tertiary/aromatic N) is 5. The van der Waals surface area contributed by atoms with Crippen LogP contribution in [0.3, 0.4) is 0 Å². The highest BCUT2D eigenvalue weighted by atomic mass is 32.1. The van der Waals surface area contributed by atoms with E-state index in [1.165, 1.54) is 6.20 Å². The van der Waals surface area contributed by atoms with Crippen molar-refractivity contribution in [2.45, 2.75) is 13.0 Å². The molecule has 1 amide bonds. The Balaban J connectivity index is 1.45. The van der Waals surface area contributed by atoms with E-state index in [2.05, 4.69) is 25.4 Å². The summed E-state index contributed by atoms with van der Waals surface area (Å²) in [6, 6.07) is 9.79. The largest absolute Gasteiger partial charge is 0.392 e. The highest BCUT2D eigenvalue weighted by Gasteiger charge is 2.22. The van der Waals surface area contributed by atoms with Gasteiger partial charge in [-0.1, -0.05) is 12.1 Å². The third-order valence-electron chi connectivity index (χ3n) is 6.23. The number of hydrogen-bond donors (Lipinski definition) is 3. The number of aliphatic hydroxyl groups is 1. The molecule has 0 bridgehead atoms. The van der Waals surface area contributed by atoms with Gasteiger partial charge in [-0.25, -0.2) is 9.97 Å². The predicted octanol–water partition coefficient (Wildman–Crippen LogP) is 3.24. The number of aromatic amines is 1. The maximum atomic E-state index is 12.5. The van der Waals surface area contributed by atoms with Crippen molar-refractivity contribution >= 4 is 44.2 Å². The van der Waals surface area contributed by atoms with Gasteiger partial charge >= 0.3 is 0 Å². The van der Waals surface area contributed by atoms with Crippen LogP contribution in [-0.4, -0.2) is 75.1 Å². The maximum absolute atomic E-state index is 12.5. The number of anilines is 1. The first kappa shape index (κ1) is 23.5. The van der Waals surface area contributed by atoms with Gasteiger partial charge in [-0.15, -0.1) is 11.3 Å². The van der Waals surface area contributed by atoms with Crippen molar-refractivity contribution in [2.75, 3.05) is 37.7 Å². The predicted molar refractivity (Wildman–Crippen MR) is 143 cm³/mol. The van der Waals surface area contributed by atoms with E-state index >= 15 is 0 Å². The van der Waals surface area contributed by atoms with Crippen LogP contribution in [0.5, 0.6) is 0 Å². The van der Waals surface area contributed by atoms with Crippen LogP contribution in [0.1, 0.15) is 17.3 Å². The number of nitrogens with one attached hydrogen (secondary N) is 2. The second-order valence-electron chi connectivity index (χ2n) is 8.95. The van der Waals surface area contributed by atoms with E-state index in [4.69, 9.17) is 14.7 Å². The number of hydrogen-bond acceptors (Lipinski definition) is 9. The molecule has 0 spiro atoms. The molecule has 0 saturated carbocycles. The number of ether oxygens (including phenoxy) is 1. The van der Waals surface area contributed by atoms with Gasteiger partial charge in [0, 0.05) is 53.4 Å². The number of pyridine rings is 1. The van der Waals surface area contributed by atoms with Crippen LogP contribution >= 0.6 is 11.3 Å². The SMILES string of the molecule is CC(O)CNC(=O)c1cncc(-c2cc3nc(-c4cccc5[nH]ncc45)nc(N4CCOCC4)c3s2)c1. The van der Waals surface area contributed by atoms with E-state index in [9.17, 15) is 9.90 Å². The van der Waals surface area contributed by atoms with Gasteiger partial charge in [-0.2, -0.15) is 5.10 Å². The fourth-order valence-corrected chi connectivity index (χ4v) is 5.47. The Kier molecular flexibility index (Phi) is 6.25. The lowest BCUT2D eigenvalue weighted by Gasteiger charge is -2.28. The number of aliphatic hydroxyl groups excluding tert-OH is 1. The van der Waals surface area contributed by atoms with Crippen LogP contribution in [0.4, 0.5) is 5.82 Å². The molecule has 0 radical (unpaired) electrons. The van der Waals surface area contributed by atoms with Gasteiger partial charge in [-0.3, -0.25) is 14.9 Å². The molecule has 1 saturated heterocycles. The number of rotatable bonds is 6. The number of amides is 1. The lowest BCUT2D eigenvalue weighted by molar-refractivity contribution is 0.0923. The summed E-state index contributed by atoms with van der Waals surface area (Å²) in [5.74, 6) is 1.23. The number of morpholine rings is 1. The second-order valence-corrected chi connectivity index (χ2v) is 10.0. The smallest absolute Gasteiger partial charge is 0.252 e. The van der Waals surface area contributed by atoms with Crippen LogP contribution in [0, 0.1) is 0 Å². The Morgan fingerprint density at radius 2 is 2.08 bits per heavy atom. The minimum atomic E-state index is -0.623. The third kappa shape index (κ3) is 4.64. The number of benzene rings is 1. The summed E-state index contributed by atoms with van der Waals surface area (Å²) in [5, 5.41) is 20.4. The molecular formula is C26H25N7O3S. The van der Waals surface area contributed by atoms with Crippen molar-refractivity contribution in [1.29, 1.82) is 0 Å². The van der Waals surface area contributed by atoms with Crippen molar-refractivity contribution in [3.8, 4) is 21.8 Å². The standard InChI is InChI=1S/C26H25N7O3S/c1-15(34)11-28-26(35)17-9-16(12-27-13-17)22-10-21-23(37-22)25(33-5-7-36-8-6-33)31-24(30-21)18-3-2-4-20-19(18)14-29-32-20/h2-4,9-10,12-15,34H,5-8,11H2,1H3,(H,28,35)(H,29,32). The monoisotopic (exact) mass is 515 g/mol. The van der Waals surface area contributed by atoms with Crippen molar-refractivity contribution < 1.29 is 14.6 Å². The number of aromatic nitrogens is 5. The van der Waals surface area contributed by atoms with Crippen molar-refractivity contribution in [3.63, 3.8) is 0 Å². The molecule has 5 aromatic rings. The molecule has 1 fully saturated rings. The first-order chi connectivity index (χ1) is 18.1. The Morgan fingerprint density at radius 3 is 2.92 bits per heavy atom. The van der Waals surface area contributed by atoms with E-state index in [-0.39, 0.29) is 12.5 Å². The van der Waals surface area contributed by atoms with Crippen LogP contribution in [0.15, 0.2) is 48.9 Å². The summed E-state index contributed by atoms with van der Waals surface area (Å²) in [4.78, 5) is 30.0. The molecule has 3 N–H and O–H groups in total. The Bertz CT molecular complexity index is 1590. The summed E-state index contributed by atoms with van der Waals surface area (Å²) < 4.78 is 6.56. The van der Waals surface area contributed by atoms with Gasteiger partial charge in [-0.05, 0) is 25.1 Å². The molecule has 11 heteroatoms. The van der Waals surface area contributed by atoms with E-state index < -0.39 is 6.10 Å². The molecule has 188 valence electrons. The summed E-state index contributed by atoms with van der Waals surface area (Å²) in [5.41, 5.74) is 3.92. The average molecular weight is 516 g/mol. The molecule has 37 heavy (non-hydrogen) atoms. The van der Waals surface area contributed by atoms with Gasteiger partial charge < -0.3 is 20.1 Å². The molecule has 10 nitrogen and oxygen atoms in total. The van der Waals surface area contributed by atoms with E-state index in [0.717, 1.165) is 56.0 Å². The van der Waals surface area contributed by atoms with Gasteiger partial charge in [0.15, 0.2) is 11.6 Å². The molecular weight excluding hydrogens is 490 g/mol. The number of H-pyrrole nitrogens is 1. The highest BCUT2D eigenvalue weighted by molar-refractivity contribution is 7.22. The number of carbonyl (C=O) groups excluding carboxylic acids is 1. The van der Waals surface area contributed by atoms with Gasteiger partial charge in [0.2, 0.25) is 0 Å². The van der Waals surface area contributed by atoms with Crippen LogP contribution in [0.2, 0.25) is 0 Å². The Labute approximate surface area is 216 Å². The van der Waals surface area contributed by atoms with Crippen molar-refractivity contribution in [2.24, 2.45) is 0 Å². The van der Waals surface area contributed by atoms with Crippen LogP contribution in [0.25, 0.3) is 42.9 Å². The molecule has 4 aromatic heterocycles. The van der Waals surface area contributed by atoms with Gasteiger partial charge in [0.1, 0.15) is 0 Å². The highest BCUT2D eigenvalue weighted by Crippen LogP contribution is 2.39. The van der Waals surface area contributed by atoms with Crippen molar-refractivity contribution in [1.82, 2.24) is 30.5 Å². The molecule has 1 aromatic carbocycles. The zero-order chi connectivity index (χ0) is 25.4. The summed E-state index contributed by atoms with van der Waals surface area (Å²) >= 11 is 1.58. The Hall–Kier alpha value is -3.93. The van der Waals surface area contributed by atoms with Gasteiger partial charge in [0.05, 0.1) is 46.8 Å². The number of carbonyl (C=O) groups is 1. The normalized spacial score (nSPS) is 14.8. The lowest BCUT2D eigenvalue weighted by Crippen LogP contribution is -2.36. The molecule has 6 rings (SSSR count). The quantitative estimate of drug-likeness (QED) is 0.314. The fraction of sp³-hybridized carbons (Fsp3) is 0.269. The fourth-order valence-electron chi connectivity index (χ4n) is 4.37. The molecule has 1 aliphatic rings. The first-order valence-corrected chi connectivity index (χ1v) is 12.9.